The average molecular weight is 499 g/mol. The molecule has 0 aromatic heterocycles. The van der Waals surface area contributed by atoms with E-state index in [9.17, 15) is 13.2 Å². The fraction of sp³-hybridized carbons (Fsp3) is 0.269. The number of rotatable bonds is 10. The van der Waals surface area contributed by atoms with Gasteiger partial charge in [-0.15, -0.1) is 0 Å². The van der Waals surface area contributed by atoms with E-state index < -0.39 is 22.5 Å². The van der Waals surface area contributed by atoms with Gasteiger partial charge in [0, 0.05) is 6.07 Å². The van der Waals surface area contributed by atoms with Crippen LogP contribution in [-0.2, 0) is 14.8 Å². The average Bonchev–Trinajstić information content (AvgIpc) is 2.87. The van der Waals surface area contributed by atoms with E-state index in [1.165, 1.54) is 20.3 Å². The van der Waals surface area contributed by atoms with Gasteiger partial charge in [0.05, 0.1) is 33.1 Å². The second kappa shape index (κ2) is 11.1. The maximum Gasteiger partial charge on any atom is 0.268 e. The number of amides is 1. The highest BCUT2D eigenvalue weighted by Crippen LogP contribution is 2.32. The first-order chi connectivity index (χ1) is 16.7. The van der Waals surface area contributed by atoms with Gasteiger partial charge in [0.2, 0.25) is 5.91 Å². The van der Waals surface area contributed by atoms with Crippen LogP contribution in [0.4, 0.5) is 5.69 Å². The Balaban J connectivity index is 1.96. The summed E-state index contributed by atoms with van der Waals surface area (Å²) in [5.74, 6) is 0.891. The Labute approximate surface area is 206 Å². The molecule has 1 unspecified atom stereocenters. The van der Waals surface area contributed by atoms with Gasteiger partial charge in [-0.2, -0.15) is 0 Å². The topological polar surface area (TPSA) is 94.2 Å². The summed E-state index contributed by atoms with van der Waals surface area (Å²) in [5.41, 5.74) is 1.89. The molecule has 9 heteroatoms. The lowest BCUT2D eigenvalue weighted by Gasteiger charge is -2.26. The second-order valence-corrected chi connectivity index (χ2v) is 9.76. The molecule has 0 aliphatic rings. The summed E-state index contributed by atoms with van der Waals surface area (Å²) in [6.07, 6.45) is 0. The van der Waals surface area contributed by atoms with Gasteiger partial charge in [0.15, 0.2) is 0 Å². The number of benzene rings is 3. The Bertz CT molecular complexity index is 1280. The van der Waals surface area contributed by atoms with E-state index in [1.807, 2.05) is 19.1 Å². The van der Waals surface area contributed by atoms with Crippen molar-refractivity contribution >= 4 is 21.6 Å². The van der Waals surface area contributed by atoms with Gasteiger partial charge < -0.3 is 19.5 Å². The lowest BCUT2D eigenvalue weighted by atomic mass is 10.1. The van der Waals surface area contributed by atoms with Crippen molar-refractivity contribution in [3.8, 4) is 17.2 Å². The van der Waals surface area contributed by atoms with Crippen LogP contribution in [0.15, 0.2) is 71.6 Å². The molecule has 1 amide bonds. The molecule has 1 N–H and O–H groups in total. The lowest BCUT2D eigenvalue weighted by Crippen LogP contribution is -2.41. The van der Waals surface area contributed by atoms with Crippen LogP contribution in [0, 0.1) is 6.92 Å². The van der Waals surface area contributed by atoms with E-state index in [4.69, 9.17) is 14.2 Å². The van der Waals surface area contributed by atoms with Crippen molar-refractivity contribution in [2.75, 3.05) is 32.2 Å². The number of sulfonamides is 1. The highest BCUT2D eigenvalue weighted by atomic mass is 32.2. The van der Waals surface area contributed by atoms with Gasteiger partial charge in [-0.05, 0) is 61.4 Å². The number of hydrogen-bond acceptors (Lipinski definition) is 6. The smallest absolute Gasteiger partial charge is 0.268 e. The Morgan fingerprint density at radius 1 is 0.914 bits per heavy atom. The molecule has 0 aliphatic carbocycles. The molecule has 0 fully saturated rings. The molecular weight excluding hydrogens is 468 g/mol. The number of anilines is 1. The first-order valence-corrected chi connectivity index (χ1v) is 12.4. The minimum atomic E-state index is -4.17. The van der Waals surface area contributed by atoms with E-state index in [-0.39, 0.29) is 16.7 Å². The van der Waals surface area contributed by atoms with E-state index in [0.717, 1.165) is 15.4 Å². The molecule has 0 bridgehead atoms. The second-order valence-electron chi connectivity index (χ2n) is 7.93. The molecule has 3 aromatic carbocycles. The van der Waals surface area contributed by atoms with Crippen LogP contribution < -0.4 is 23.8 Å². The van der Waals surface area contributed by atoms with Crippen LogP contribution in [0.2, 0.25) is 0 Å². The van der Waals surface area contributed by atoms with Crippen LogP contribution >= 0.6 is 0 Å². The van der Waals surface area contributed by atoms with Crippen molar-refractivity contribution in [3.05, 3.63) is 77.9 Å². The molecular formula is C26H30N2O6S. The first kappa shape index (κ1) is 25.9. The predicted molar refractivity (Wildman–Crippen MR) is 135 cm³/mol. The number of methoxy groups -OCH3 is 3. The molecule has 0 spiro atoms. The molecule has 35 heavy (non-hydrogen) atoms. The van der Waals surface area contributed by atoms with Gasteiger partial charge in [0.1, 0.15) is 28.7 Å². The third kappa shape index (κ3) is 6.05. The number of nitrogens with one attached hydrogen (secondary N) is 1. The number of carbonyl (C=O) groups is 1. The monoisotopic (exact) mass is 498 g/mol. The van der Waals surface area contributed by atoms with E-state index >= 15 is 0 Å². The Morgan fingerprint density at radius 2 is 1.60 bits per heavy atom. The molecule has 0 aliphatic heterocycles. The highest BCUT2D eigenvalue weighted by molar-refractivity contribution is 7.93. The first-order valence-electron chi connectivity index (χ1n) is 10.9. The number of ether oxygens (including phenoxy) is 3. The molecule has 0 radical (unpaired) electrons. The van der Waals surface area contributed by atoms with Crippen LogP contribution in [0.5, 0.6) is 17.2 Å². The van der Waals surface area contributed by atoms with E-state index in [0.29, 0.717) is 17.2 Å². The van der Waals surface area contributed by atoms with Gasteiger partial charge >= 0.3 is 0 Å². The molecule has 0 saturated heterocycles. The zero-order valence-corrected chi connectivity index (χ0v) is 21.3. The minimum Gasteiger partial charge on any atom is -0.497 e. The van der Waals surface area contributed by atoms with Crippen molar-refractivity contribution in [2.24, 2.45) is 0 Å². The Hall–Kier alpha value is -3.72. The van der Waals surface area contributed by atoms with Crippen LogP contribution in [0.1, 0.15) is 24.1 Å². The summed E-state index contributed by atoms with van der Waals surface area (Å²) < 4.78 is 44.5. The molecule has 0 heterocycles. The maximum atomic E-state index is 13.8. The van der Waals surface area contributed by atoms with Crippen LogP contribution in [0.3, 0.4) is 0 Å². The quantitative estimate of drug-likeness (QED) is 0.452. The third-order valence-corrected chi connectivity index (χ3v) is 7.30. The fourth-order valence-electron chi connectivity index (χ4n) is 3.58. The van der Waals surface area contributed by atoms with Crippen molar-refractivity contribution < 1.29 is 27.4 Å². The Kier molecular flexibility index (Phi) is 8.24. The van der Waals surface area contributed by atoms with Crippen LogP contribution in [-0.4, -0.2) is 42.2 Å². The van der Waals surface area contributed by atoms with Crippen molar-refractivity contribution in [1.29, 1.82) is 0 Å². The van der Waals surface area contributed by atoms with Gasteiger partial charge in [-0.25, -0.2) is 8.42 Å². The van der Waals surface area contributed by atoms with Crippen molar-refractivity contribution in [1.82, 2.24) is 5.32 Å². The zero-order valence-electron chi connectivity index (χ0n) is 20.4. The zero-order chi connectivity index (χ0) is 25.6. The SMILES string of the molecule is COc1ccc(C(C)NC(=O)CN(c2cccc(OC)c2)S(=O)(=O)c2cc(C)ccc2OC)cc1. The molecule has 0 saturated carbocycles. The summed E-state index contributed by atoms with van der Waals surface area (Å²) in [7, 11) is 0.303. The van der Waals surface area contributed by atoms with Gasteiger partial charge in [-0.3, -0.25) is 9.10 Å². The third-order valence-electron chi connectivity index (χ3n) is 5.51. The predicted octanol–water partition coefficient (Wildman–Crippen LogP) is 4.09. The number of hydrogen-bond donors (Lipinski definition) is 1. The summed E-state index contributed by atoms with van der Waals surface area (Å²) in [4.78, 5) is 13.1. The molecule has 3 rings (SSSR count). The summed E-state index contributed by atoms with van der Waals surface area (Å²) in [6, 6.07) is 18.4. The fourth-order valence-corrected chi connectivity index (χ4v) is 5.23. The number of carbonyl (C=O) groups excluding carboxylic acids is 1. The van der Waals surface area contributed by atoms with Crippen molar-refractivity contribution in [2.45, 2.75) is 24.8 Å². The van der Waals surface area contributed by atoms with Crippen molar-refractivity contribution in [3.63, 3.8) is 0 Å². The van der Waals surface area contributed by atoms with Gasteiger partial charge in [0.25, 0.3) is 10.0 Å². The van der Waals surface area contributed by atoms with Gasteiger partial charge in [-0.1, -0.05) is 24.3 Å². The Morgan fingerprint density at radius 3 is 2.23 bits per heavy atom. The maximum absolute atomic E-state index is 13.8. The standard InChI is InChI=1S/C26H30N2O6S/c1-18-9-14-24(34-5)25(15-18)35(30,31)28(21-7-6-8-23(16-21)33-4)17-26(29)27-19(2)20-10-12-22(32-3)13-11-20/h6-16,19H,17H2,1-5H3,(H,27,29). The minimum absolute atomic E-state index is 0.0289. The van der Waals surface area contributed by atoms with E-state index in [2.05, 4.69) is 5.32 Å². The highest BCUT2D eigenvalue weighted by Gasteiger charge is 2.31. The molecule has 3 aromatic rings. The number of nitrogens with zero attached hydrogens (tertiary/aromatic N) is 1. The summed E-state index contributed by atoms with van der Waals surface area (Å²) >= 11 is 0. The van der Waals surface area contributed by atoms with E-state index in [1.54, 1.807) is 62.6 Å². The molecule has 8 nitrogen and oxygen atoms in total. The van der Waals surface area contributed by atoms with Crippen LogP contribution in [0.25, 0.3) is 0 Å². The largest absolute Gasteiger partial charge is 0.497 e. The normalized spacial score (nSPS) is 11.9. The molecule has 1 atom stereocenters. The summed E-state index contributed by atoms with van der Waals surface area (Å²) in [5, 5.41) is 2.88. The lowest BCUT2D eigenvalue weighted by molar-refractivity contribution is -0.120. The summed E-state index contributed by atoms with van der Waals surface area (Å²) in [6.45, 7) is 3.18. The molecule has 186 valence electrons. The number of aryl methyl sites for hydroxylation is 1.